The van der Waals surface area contributed by atoms with Crippen molar-refractivity contribution in [2.45, 2.75) is 45.4 Å². The highest BCUT2D eigenvalue weighted by molar-refractivity contribution is 7.00. The van der Waals surface area contributed by atoms with E-state index in [2.05, 4.69) is 69.3 Å². The number of hydrogen-bond donors (Lipinski definition) is 1. The van der Waals surface area contributed by atoms with Crippen molar-refractivity contribution in [3.63, 3.8) is 0 Å². The highest BCUT2D eigenvalue weighted by Gasteiger charge is 2.52. The molecule has 5 nitrogen and oxygen atoms in total. The fourth-order valence-electron chi connectivity index (χ4n) is 5.30. The summed E-state index contributed by atoms with van der Waals surface area (Å²) in [5, 5.41) is 13.4. The third-order valence-electron chi connectivity index (χ3n) is 7.30. The van der Waals surface area contributed by atoms with Gasteiger partial charge in [0, 0.05) is 11.1 Å². The molecule has 0 unspecified atom stereocenters. The van der Waals surface area contributed by atoms with Gasteiger partial charge in [0.05, 0.1) is 27.4 Å². The summed E-state index contributed by atoms with van der Waals surface area (Å²) < 4.78 is 24.8. The van der Waals surface area contributed by atoms with Crippen molar-refractivity contribution < 1.29 is 23.7 Å². The van der Waals surface area contributed by atoms with Gasteiger partial charge in [-0.15, -0.1) is 0 Å². The smallest absolute Gasteiger partial charge is 0.319 e. The lowest BCUT2D eigenvalue weighted by Gasteiger charge is -2.43. The molecule has 1 N–H and O–H groups in total. The maximum absolute atomic E-state index is 11.3. The van der Waals surface area contributed by atoms with E-state index in [9.17, 15) is 5.11 Å². The predicted molar refractivity (Wildman–Crippen MR) is 164 cm³/mol. The number of methoxy groups -OCH3 is 2. The predicted octanol–water partition coefficient (Wildman–Crippen LogP) is 6.20. The van der Waals surface area contributed by atoms with Gasteiger partial charge in [0.1, 0.15) is 11.9 Å². The Balaban J connectivity index is 1.81. The van der Waals surface area contributed by atoms with Gasteiger partial charge in [-0.05, 0) is 34.0 Å². The number of aliphatic hydroxyl groups excluding tert-OH is 1. The SMILES string of the molecule is COc1c([C@@H](O)COCc2ccccc2)cc(O[Si](c2ccccc2)(c2ccccc2)C(C)(C)C)c(C)c1OC. The number of benzene rings is 4. The minimum absolute atomic E-state index is 0.0934. The Labute approximate surface area is 239 Å². The molecule has 0 aliphatic rings. The van der Waals surface area contributed by atoms with Gasteiger partial charge in [-0.3, -0.25) is 0 Å². The van der Waals surface area contributed by atoms with Crippen LogP contribution >= 0.6 is 0 Å². The van der Waals surface area contributed by atoms with Gasteiger partial charge >= 0.3 is 8.32 Å². The van der Waals surface area contributed by atoms with E-state index in [0.717, 1.165) is 21.5 Å². The van der Waals surface area contributed by atoms with Crippen LogP contribution in [0.25, 0.3) is 0 Å². The topological polar surface area (TPSA) is 57.2 Å². The van der Waals surface area contributed by atoms with Crippen LogP contribution in [0.3, 0.4) is 0 Å². The monoisotopic (exact) mass is 556 g/mol. The van der Waals surface area contributed by atoms with Crippen molar-refractivity contribution in [1.29, 1.82) is 0 Å². The van der Waals surface area contributed by atoms with Crippen molar-refractivity contribution in [2.75, 3.05) is 20.8 Å². The maximum Gasteiger partial charge on any atom is 0.319 e. The van der Waals surface area contributed by atoms with Crippen molar-refractivity contribution in [2.24, 2.45) is 0 Å². The van der Waals surface area contributed by atoms with Gasteiger partial charge in [0.15, 0.2) is 11.5 Å². The Morgan fingerprint density at radius 1 is 0.750 bits per heavy atom. The minimum atomic E-state index is -2.92. The zero-order valence-corrected chi connectivity index (χ0v) is 25.3. The molecule has 4 aromatic rings. The van der Waals surface area contributed by atoms with E-state index in [0.29, 0.717) is 29.4 Å². The lowest BCUT2D eigenvalue weighted by molar-refractivity contribution is 0.0264. The van der Waals surface area contributed by atoms with Crippen LogP contribution in [0.1, 0.15) is 43.6 Å². The van der Waals surface area contributed by atoms with Crippen molar-refractivity contribution in [3.05, 3.63) is 114 Å². The van der Waals surface area contributed by atoms with E-state index in [1.807, 2.05) is 55.5 Å². The molecule has 0 aromatic heterocycles. The van der Waals surface area contributed by atoms with Crippen LogP contribution in [0.4, 0.5) is 0 Å². The molecule has 0 spiro atoms. The van der Waals surface area contributed by atoms with Crippen molar-refractivity contribution in [1.82, 2.24) is 0 Å². The first-order chi connectivity index (χ1) is 19.2. The first kappa shape index (κ1) is 29.4. The first-order valence-electron chi connectivity index (χ1n) is 13.6. The summed E-state index contributed by atoms with van der Waals surface area (Å²) in [5.74, 6) is 1.67. The van der Waals surface area contributed by atoms with Gasteiger partial charge in [0.2, 0.25) is 0 Å². The second-order valence-electron chi connectivity index (χ2n) is 10.9. The van der Waals surface area contributed by atoms with E-state index in [1.54, 1.807) is 14.2 Å². The molecular weight excluding hydrogens is 516 g/mol. The average Bonchev–Trinajstić information content (AvgIpc) is 2.97. The van der Waals surface area contributed by atoms with E-state index >= 15 is 0 Å². The second kappa shape index (κ2) is 12.7. The maximum atomic E-state index is 11.3. The summed E-state index contributed by atoms with van der Waals surface area (Å²) in [6.07, 6.45) is -0.949. The fourth-order valence-corrected chi connectivity index (χ4v) is 9.78. The van der Waals surface area contributed by atoms with Crippen molar-refractivity contribution in [3.8, 4) is 17.2 Å². The van der Waals surface area contributed by atoms with Crippen molar-refractivity contribution >= 4 is 18.7 Å². The Hall–Kier alpha value is -3.58. The first-order valence-corrected chi connectivity index (χ1v) is 15.5. The Morgan fingerprint density at radius 2 is 1.25 bits per heavy atom. The standard InChI is InChI=1S/C34H40O5Si/c1-25-31(39-40(34(2,3)4,27-18-12-8-13-19-27)28-20-14-9-15-21-28)22-29(33(37-6)32(25)36-5)30(35)24-38-23-26-16-10-7-11-17-26/h7-22,30,35H,23-24H2,1-6H3/t30-/m0/s1. The van der Waals surface area contributed by atoms with Gasteiger partial charge in [-0.1, -0.05) is 112 Å². The molecule has 0 radical (unpaired) electrons. The molecule has 210 valence electrons. The lowest BCUT2D eigenvalue weighted by Crippen LogP contribution is -2.68. The van der Waals surface area contributed by atoms with Crippen LogP contribution in [0.2, 0.25) is 5.04 Å². The zero-order chi connectivity index (χ0) is 28.8. The molecule has 4 aromatic carbocycles. The number of ether oxygens (including phenoxy) is 3. The molecule has 0 saturated heterocycles. The van der Waals surface area contributed by atoms with Crippen LogP contribution in [0.5, 0.6) is 17.2 Å². The van der Waals surface area contributed by atoms with E-state index in [-0.39, 0.29) is 11.6 Å². The van der Waals surface area contributed by atoms with Gasteiger partial charge in [0.25, 0.3) is 0 Å². The quantitative estimate of drug-likeness (QED) is 0.223. The van der Waals surface area contributed by atoms with Gasteiger partial charge in [-0.25, -0.2) is 0 Å². The number of rotatable bonds is 11. The Bertz CT molecular complexity index is 1330. The second-order valence-corrected chi connectivity index (χ2v) is 15.2. The molecule has 0 aliphatic heterocycles. The molecule has 0 saturated carbocycles. The highest BCUT2D eigenvalue weighted by atomic mass is 28.4. The number of hydrogen-bond acceptors (Lipinski definition) is 5. The third kappa shape index (κ3) is 5.94. The number of aliphatic hydroxyl groups is 1. The Kier molecular flexibility index (Phi) is 9.35. The fraction of sp³-hybridized carbons (Fsp3) is 0.294. The average molecular weight is 557 g/mol. The summed E-state index contributed by atoms with van der Waals surface area (Å²) in [5.41, 5.74) is 2.42. The highest BCUT2D eigenvalue weighted by Crippen LogP contribution is 2.45. The van der Waals surface area contributed by atoms with Gasteiger partial charge < -0.3 is 23.7 Å². The van der Waals surface area contributed by atoms with Crippen LogP contribution in [0, 0.1) is 6.92 Å². The molecule has 0 aliphatic carbocycles. The summed E-state index contributed by atoms with van der Waals surface area (Å²) in [7, 11) is 0.274. The third-order valence-corrected chi connectivity index (χ3v) is 12.2. The normalized spacial score (nSPS) is 12.6. The minimum Gasteiger partial charge on any atom is -0.534 e. The molecule has 4 rings (SSSR count). The molecule has 0 amide bonds. The van der Waals surface area contributed by atoms with E-state index in [4.69, 9.17) is 18.6 Å². The van der Waals surface area contributed by atoms with Crippen LogP contribution < -0.4 is 24.3 Å². The lowest BCUT2D eigenvalue weighted by atomic mass is 10.0. The molecule has 0 heterocycles. The van der Waals surface area contributed by atoms with E-state index in [1.165, 1.54) is 0 Å². The summed E-state index contributed by atoms with van der Waals surface area (Å²) in [6, 6.07) is 32.8. The molecule has 1 atom stereocenters. The van der Waals surface area contributed by atoms with Crippen LogP contribution in [-0.2, 0) is 11.3 Å². The Morgan fingerprint density at radius 3 is 1.73 bits per heavy atom. The zero-order valence-electron chi connectivity index (χ0n) is 24.3. The largest absolute Gasteiger partial charge is 0.534 e. The molecule has 6 heteroatoms. The molecule has 40 heavy (non-hydrogen) atoms. The van der Waals surface area contributed by atoms with Crippen LogP contribution in [0.15, 0.2) is 97.1 Å². The van der Waals surface area contributed by atoms with E-state index < -0.39 is 14.4 Å². The molecule has 0 bridgehead atoms. The molecule has 0 fully saturated rings. The van der Waals surface area contributed by atoms with Crippen LogP contribution in [-0.4, -0.2) is 34.3 Å². The van der Waals surface area contributed by atoms with Gasteiger partial charge in [-0.2, -0.15) is 0 Å². The summed E-state index contributed by atoms with van der Waals surface area (Å²) in [4.78, 5) is 0. The summed E-state index contributed by atoms with van der Waals surface area (Å²) >= 11 is 0. The molecular formula is C34H40O5Si. The summed E-state index contributed by atoms with van der Waals surface area (Å²) in [6.45, 7) is 9.18.